The number of ether oxygens (including phenoxy) is 1. The number of likely N-dealkylation sites (N-methyl/N-ethyl adjacent to an activating group) is 1. The molecule has 0 fully saturated rings. The molecule has 0 aliphatic carbocycles. The lowest BCUT2D eigenvalue weighted by Gasteiger charge is -2.24. The Labute approximate surface area is 140 Å². The highest BCUT2D eigenvalue weighted by Crippen LogP contribution is 2.19. The Morgan fingerprint density at radius 2 is 1.82 bits per heavy atom. The van der Waals surface area contributed by atoms with Crippen molar-refractivity contribution in [3.05, 3.63) is 29.8 Å². The number of nitrogens with zero attached hydrogens (tertiary/aromatic N) is 1. The van der Waals surface area contributed by atoms with Gasteiger partial charge in [0.05, 0.1) is 12.0 Å². The molecule has 0 N–H and O–H groups in total. The number of methoxy groups -OCH3 is 1. The summed E-state index contributed by atoms with van der Waals surface area (Å²) in [6, 6.07) is 5.06. The van der Waals surface area contributed by atoms with E-state index in [0.717, 1.165) is 10.6 Å². The lowest BCUT2D eigenvalue weighted by molar-refractivity contribution is -0.159. The summed E-state index contributed by atoms with van der Waals surface area (Å²) < 4.78 is 33.9. The number of alkyl halides is 2. The monoisotopic (exact) mass is 371 g/mol. The summed E-state index contributed by atoms with van der Waals surface area (Å²) in [4.78, 5) is 10.8. The molecular weight excluding hydrogens is 355 g/mol. The molecule has 6 nitrogen and oxygen atoms in total. The zero-order valence-corrected chi connectivity index (χ0v) is 14.7. The third-order valence-electron chi connectivity index (χ3n) is 2.84. The van der Waals surface area contributed by atoms with E-state index < -0.39 is 27.0 Å². The minimum atomic E-state index is -4.07. The van der Waals surface area contributed by atoms with Crippen molar-refractivity contribution >= 4 is 39.3 Å². The van der Waals surface area contributed by atoms with E-state index in [2.05, 4.69) is 4.74 Å². The molecule has 0 aliphatic heterocycles. The third kappa shape index (κ3) is 5.40. The van der Waals surface area contributed by atoms with Crippen molar-refractivity contribution in [1.82, 2.24) is 5.06 Å². The van der Waals surface area contributed by atoms with E-state index in [1.54, 1.807) is 12.1 Å². The first-order chi connectivity index (χ1) is 10.2. The number of halogens is 2. The number of esters is 1. The second kappa shape index (κ2) is 8.12. The van der Waals surface area contributed by atoms with Crippen molar-refractivity contribution in [3.8, 4) is 0 Å². The number of aryl methyl sites for hydroxylation is 1. The molecule has 1 rings (SSSR count). The Morgan fingerprint density at radius 1 is 1.27 bits per heavy atom. The van der Waals surface area contributed by atoms with Gasteiger partial charge in [-0.1, -0.05) is 17.7 Å². The van der Waals surface area contributed by atoms with Crippen LogP contribution >= 0.6 is 23.2 Å². The average molecular weight is 372 g/mol. The second-order valence-corrected chi connectivity index (χ2v) is 7.36. The lowest BCUT2D eigenvalue weighted by Crippen LogP contribution is -2.41. The Balaban J connectivity index is 2.93. The number of benzene rings is 1. The topological polar surface area (TPSA) is 72.9 Å². The van der Waals surface area contributed by atoms with E-state index in [1.165, 1.54) is 26.3 Å². The van der Waals surface area contributed by atoms with Crippen LogP contribution in [0.25, 0.3) is 0 Å². The van der Waals surface area contributed by atoms with Gasteiger partial charge in [-0.25, -0.2) is 0 Å². The zero-order chi connectivity index (χ0) is 16.9. The first kappa shape index (κ1) is 19.2. The molecule has 0 saturated carbocycles. The van der Waals surface area contributed by atoms with Gasteiger partial charge in [0, 0.05) is 13.5 Å². The summed E-state index contributed by atoms with van der Waals surface area (Å²) in [6.07, 6.45) is -0.0459. The smallest absolute Gasteiger partial charge is 0.325 e. The van der Waals surface area contributed by atoms with Crippen LogP contribution in [0.4, 0.5) is 0 Å². The predicted octanol–water partition coefficient (Wildman–Crippen LogP) is 2.28. The number of hydrogen-bond donors (Lipinski definition) is 0. The number of carbonyl (C=O) groups is 1. The molecule has 9 heteroatoms. The average Bonchev–Trinajstić information content (AvgIpc) is 2.43. The Kier molecular flexibility index (Phi) is 7.08. The molecule has 124 valence electrons. The standard InChI is InChI=1S/C13H17Cl2NO5S/c1-9-4-6-10(7-5-9)22(18,19)21-16(2)11(8-12(14)15)13(17)20-3/h4-7,11-12H,8H2,1-3H3/i11+1,13+1. The highest BCUT2D eigenvalue weighted by atomic mass is 35.5. The van der Waals surface area contributed by atoms with Crippen LogP contribution in [-0.4, -0.2) is 44.5 Å². The summed E-state index contributed by atoms with van der Waals surface area (Å²) >= 11 is 11.3. The van der Waals surface area contributed by atoms with Crippen molar-refractivity contribution in [2.24, 2.45) is 0 Å². The minimum Gasteiger partial charge on any atom is -0.468 e. The zero-order valence-electron chi connectivity index (χ0n) is 12.3. The van der Waals surface area contributed by atoms with Crippen LogP contribution in [0.1, 0.15) is 12.0 Å². The van der Waals surface area contributed by atoms with Gasteiger partial charge in [-0.15, -0.1) is 23.2 Å². The van der Waals surface area contributed by atoms with E-state index in [-0.39, 0.29) is 11.3 Å². The second-order valence-electron chi connectivity index (χ2n) is 4.55. The van der Waals surface area contributed by atoms with Gasteiger partial charge < -0.3 is 4.74 Å². The number of carbonyl (C=O) groups excluding carboxylic acids is 1. The summed E-state index contributed by atoms with van der Waals surface area (Å²) in [7, 11) is -1.60. The SMILES string of the molecule is CO[13C](=O)[13CH](CC(Cl)Cl)N(C)OS(=O)(=O)c1ccc(C)cc1. The summed E-state index contributed by atoms with van der Waals surface area (Å²) in [5.74, 6) is -0.701. The molecule has 0 heterocycles. The normalized spacial score (nSPS) is 13.4. The summed E-state index contributed by atoms with van der Waals surface area (Å²) in [5.41, 5.74) is 0.909. The molecule has 0 aromatic heterocycles. The summed E-state index contributed by atoms with van der Waals surface area (Å²) in [5, 5.41) is 0.874. The van der Waals surface area contributed by atoms with Gasteiger partial charge in [0.25, 0.3) is 0 Å². The van der Waals surface area contributed by atoms with Crippen LogP contribution in [0, 0.1) is 6.92 Å². The van der Waals surface area contributed by atoms with Gasteiger partial charge in [-0.2, -0.15) is 17.8 Å². The van der Waals surface area contributed by atoms with Crippen molar-refractivity contribution in [3.63, 3.8) is 0 Å². The van der Waals surface area contributed by atoms with Crippen LogP contribution in [0.3, 0.4) is 0 Å². The van der Waals surface area contributed by atoms with Gasteiger partial charge in [0.15, 0.2) is 0 Å². The van der Waals surface area contributed by atoms with Gasteiger partial charge in [0.1, 0.15) is 10.9 Å². The summed E-state index contributed by atoms with van der Waals surface area (Å²) in [6.45, 7) is 1.83. The van der Waals surface area contributed by atoms with E-state index in [0.29, 0.717) is 0 Å². The van der Waals surface area contributed by atoms with E-state index in [4.69, 9.17) is 27.5 Å². The molecule has 0 amide bonds. The van der Waals surface area contributed by atoms with Crippen molar-refractivity contribution in [1.29, 1.82) is 0 Å². The van der Waals surface area contributed by atoms with Crippen LogP contribution in [0.2, 0.25) is 0 Å². The van der Waals surface area contributed by atoms with Crippen LogP contribution in [0.5, 0.6) is 0 Å². The largest absolute Gasteiger partial charge is 0.468 e. The van der Waals surface area contributed by atoms with Crippen molar-refractivity contribution in [2.45, 2.75) is 29.1 Å². The van der Waals surface area contributed by atoms with Gasteiger partial charge in [-0.05, 0) is 19.1 Å². The van der Waals surface area contributed by atoms with Crippen LogP contribution in [0.15, 0.2) is 29.2 Å². The number of rotatable bonds is 7. The fourth-order valence-corrected chi connectivity index (χ4v) is 2.96. The maximum absolute atomic E-state index is 12.2. The first-order valence-corrected chi connectivity index (χ1v) is 8.55. The molecule has 1 unspecified atom stereocenters. The fraction of sp³-hybridized carbons (Fsp3) is 0.462. The Bertz CT molecular complexity index is 603. The molecule has 0 radical (unpaired) electrons. The van der Waals surface area contributed by atoms with E-state index in [9.17, 15) is 13.2 Å². The van der Waals surface area contributed by atoms with E-state index >= 15 is 0 Å². The molecule has 0 aliphatic rings. The molecular formula is C13H17Cl2NO5S. The van der Waals surface area contributed by atoms with Crippen LogP contribution < -0.4 is 0 Å². The highest BCUT2D eigenvalue weighted by Gasteiger charge is 2.31. The van der Waals surface area contributed by atoms with Gasteiger partial charge >= 0.3 is 16.1 Å². The number of hydroxylamine groups is 2. The fourth-order valence-electron chi connectivity index (χ4n) is 1.65. The molecule has 0 spiro atoms. The lowest BCUT2D eigenvalue weighted by atomic mass is 10.2. The van der Waals surface area contributed by atoms with E-state index in [1.807, 2.05) is 6.92 Å². The maximum atomic E-state index is 12.2. The quantitative estimate of drug-likeness (QED) is 0.317. The maximum Gasteiger partial charge on any atom is 0.325 e. The van der Waals surface area contributed by atoms with Gasteiger partial charge in [0.2, 0.25) is 0 Å². The molecule has 1 atom stereocenters. The van der Waals surface area contributed by atoms with Crippen molar-refractivity contribution < 1.29 is 22.2 Å². The minimum absolute atomic E-state index is 0.0261. The Hall–Kier alpha value is -0.860. The number of hydrogen-bond acceptors (Lipinski definition) is 6. The van der Waals surface area contributed by atoms with Crippen molar-refractivity contribution in [2.75, 3.05) is 14.2 Å². The van der Waals surface area contributed by atoms with Crippen LogP contribution in [-0.2, 0) is 23.9 Å². The highest BCUT2D eigenvalue weighted by molar-refractivity contribution is 7.86. The molecule has 22 heavy (non-hydrogen) atoms. The Morgan fingerprint density at radius 3 is 2.27 bits per heavy atom. The molecule has 0 bridgehead atoms. The molecule has 1 aromatic rings. The first-order valence-electron chi connectivity index (χ1n) is 6.27. The predicted molar refractivity (Wildman–Crippen MR) is 83.1 cm³/mol. The molecule has 1 aromatic carbocycles. The third-order valence-corrected chi connectivity index (χ3v) is 4.48. The molecule has 0 saturated heterocycles. The van der Waals surface area contributed by atoms with Gasteiger partial charge in [-0.3, -0.25) is 4.79 Å².